The maximum Gasteiger partial charge on any atom is 0.410 e. The van der Waals surface area contributed by atoms with Gasteiger partial charge in [0.1, 0.15) is 11.4 Å². The molecule has 0 unspecified atom stereocenters. The molecule has 0 aromatic heterocycles. The highest BCUT2D eigenvalue weighted by molar-refractivity contribution is 6.06. The van der Waals surface area contributed by atoms with Crippen LogP contribution < -0.4 is 4.90 Å². The zero-order chi connectivity index (χ0) is 23.3. The molecule has 2 amide bonds. The van der Waals surface area contributed by atoms with Gasteiger partial charge < -0.3 is 19.3 Å². The van der Waals surface area contributed by atoms with Gasteiger partial charge in [0.05, 0.1) is 12.3 Å². The minimum atomic E-state index is -0.571. The third-order valence-electron chi connectivity index (χ3n) is 5.32. The van der Waals surface area contributed by atoms with Crippen LogP contribution in [0.5, 0.6) is 0 Å². The second kappa shape index (κ2) is 10.1. The number of methoxy groups -OCH3 is 1. The highest BCUT2D eigenvalue weighted by Crippen LogP contribution is 2.29. The quantitative estimate of drug-likeness (QED) is 0.653. The van der Waals surface area contributed by atoms with E-state index >= 15 is 0 Å². The summed E-state index contributed by atoms with van der Waals surface area (Å²) >= 11 is 0. The number of benzene rings is 2. The maximum absolute atomic E-state index is 14.7. The molecule has 32 heavy (non-hydrogen) atoms. The Morgan fingerprint density at radius 2 is 1.69 bits per heavy atom. The molecule has 0 saturated carbocycles. The zero-order valence-corrected chi connectivity index (χ0v) is 19.1. The zero-order valence-electron chi connectivity index (χ0n) is 19.1. The van der Waals surface area contributed by atoms with E-state index in [2.05, 4.69) is 0 Å². The van der Waals surface area contributed by atoms with E-state index in [1.165, 1.54) is 11.0 Å². The molecule has 0 N–H and O–H groups in total. The first-order chi connectivity index (χ1) is 15.2. The molecule has 1 saturated heterocycles. The predicted molar refractivity (Wildman–Crippen MR) is 121 cm³/mol. The third-order valence-corrected chi connectivity index (χ3v) is 5.32. The third kappa shape index (κ3) is 5.85. The van der Waals surface area contributed by atoms with Crippen molar-refractivity contribution >= 4 is 17.7 Å². The molecule has 0 radical (unpaired) electrons. The largest absolute Gasteiger partial charge is 0.444 e. The van der Waals surface area contributed by atoms with E-state index in [-0.39, 0.29) is 23.7 Å². The Hall–Kier alpha value is -2.93. The number of hydrogen-bond donors (Lipinski definition) is 0. The van der Waals surface area contributed by atoms with Crippen LogP contribution in [0.2, 0.25) is 0 Å². The number of amides is 2. The Morgan fingerprint density at radius 3 is 2.25 bits per heavy atom. The summed E-state index contributed by atoms with van der Waals surface area (Å²) in [6, 6.07) is 13.2. The molecule has 0 bridgehead atoms. The van der Waals surface area contributed by atoms with Crippen molar-refractivity contribution in [2.45, 2.75) is 51.9 Å². The number of anilines is 1. The number of carbonyl (C=O) groups is 2. The summed E-state index contributed by atoms with van der Waals surface area (Å²) in [7, 11) is 1.61. The summed E-state index contributed by atoms with van der Waals surface area (Å²) in [4.78, 5) is 29.1. The fourth-order valence-electron chi connectivity index (χ4n) is 3.80. The monoisotopic (exact) mass is 442 g/mol. The first kappa shape index (κ1) is 23.7. The molecule has 2 aromatic rings. The van der Waals surface area contributed by atoms with Gasteiger partial charge in [0.15, 0.2) is 0 Å². The highest BCUT2D eigenvalue weighted by Gasteiger charge is 2.33. The van der Waals surface area contributed by atoms with E-state index in [9.17, 15) is 14.0 Å². The van der Waals surface area contributed by atoms with E-state index in [4.69, 9.17) is 9.47 Å². The fourth-order valence-corrected chi connectivity index (χ4v) is 3.80. The molecular weight excluding hydrogens is 411 g/mol. The molecule has 2 aromatic carbocycles. The average Bonchev–Trinajstić information content (AvgIpc) is 2.75. The molecule has 1 aliphatic heterocycles. The van der Waals surface area contributed by atoms with Crippen molar-refractivity contribution in [3.63, 3.8) is 0 Å². The van der Waals surface area contributed by atoms with Gasteiger partial charge in [-0.2, -0.15) is 0 Å². The van der Waals surface area contributed by atoms with Gasteiger partial charge in [0, 0.05) is 31.8 Å². The van der Waals surface area contributed by atoms with Crippen molar-refractivity contribution in [1.82, 2.24) is 4.90 Å². The highest BCUT2D eigenvalue weighted by atomic mass is 19.1. The van der Waals surface area contributed by atoms with Crippen LogP contribution >= 0.6 is 0 Å². The van der Waals surface area contributed by atoms with E-state index in [0.717, 1.165) is 5.56 Å². The van der Waals surface area contributed by atoms with Crippen molar-refractivity contribution in [3.8, 4) is 0 Å². The van der Waals surface area contributed by atoms with Crippen LogP contribution in [0, 0.1) is 5.82 Å². The number of halogens is 1. The topological polar surface area (TPSA) is 59.1 Å². The Labute approximate surface area is 188 Å². The summed E-state index contributed by atoms with van der Waals surface area (Å²) in [5.74, 6) is -0.721. The molecule has 1 fully saturated rings. The molecule has 0 aliphatic carbocycles. The summed E-state index contributed by atoms with van der Waals surface area (Å²) in [6.07, 6.45) is 0.691. The smallest absolute Gasteiger partial charge is 0.410 e. The van der Waals surface area contributed by atoms with Crippen molar-refractivity contribution in [2.75, 3.05) is 25.1 Å². The van der Waals surface area contributed by atoms with Gasteiger partial charge in [-0.05, 0) is 63.4 Å². The lowest BCUT2D eigenvalue weighted by atomic mass is 10.0. The Bertz CT molecular complexity index is 932. The molecule has 7 heteroatoms. The molecule has 172 valence electrons. The molecular formula is C25H31FN2O4. The van der Waals surface area contributed by atoms with Crippen LogP contribution in [-0.2, 0) is 16.1 Å². The average molecular weight is 443 g/mol. The first-order valence-corrected chi connectivity index (χ1v) is 10.8. The lowest BCUT2D eigenvalue weighted by Crippen LogP contribution is -2.50. The number of nitrogens with zero attached hydrogens (tertiary/aromatic N) is 2. The van der Waals surface area contributed by atoms with Gasteiger partial charge in [0.25, 0.3) is 5.91 Å². The Kier molecular flexibility index (Phi) is 7.51. The van der Waals surface area contributed by atoms with Gasteiger partial charge in [-0.25, -0.2) is 9.18 Å². The van der Waals surface area contributed by atoms with Crippen molar-refractivity contribution < 1.29 is 23.5 Å². The van der Waals surface area contributed by atoms with Gasteiger partial charge >= 0.3 is 6.09 Å². The number of likely N-dealkylation sites (tertiary alicyclic amines) is 1. The van der Waals surface area contributed by atoms with Crippen LogP contribution in [0.3, 0.4) is 0 Å². The second-order valence-electron chi connectivity index (χ2n) is 8.96. The van der Waals surface area contributed by atoms with Crippen molar-refractivity contribution in [1.29, 1.82) is 0 Å². The van der Waals surface area contributed by atoms with Crippen molar-refractivity contribution in [3.05, 3.63) is 65.5 Å². The lowest BCUT2D eigenvalue weighted by Gasteiger charge is -2.39. The summed E-state index contributed by atoms with van der Waals surface area (Å²) in [5.41, 5.74) is 1.10. The summed E-state index contributed by atoms with van der Waals surface area (Å²) < 4.78 is 25.3. The van der Waals surface area contributed by atoms with Crippen LogP contribution in [0.1, 0.15) is 49.5 Å². The molecule has 0 spiro atoms. The van der Waals surface area contributed by atoms with Crippen molar-refractivity contribution in [2.24, 2.45) is 0 Å². The van der Waals surface area contributed by atoms with E-state index in [1.54, 1.807) is 42.3 Å². The lowest BCUT2D eigenvalue weighted by molar-refractivity contribution is 0.0205. The van der Waals surface area contributed by atoms with E-state index in [0.29, 0.717) is 38.1 Å². The predicted octanol–water partition coefficient (Wildman–Crippen LogP) is 5.02. The normalized spacial score (nSPS) is 14.8. The van der Waals surface area contributed by atoms with Crippen LogP contribution in [-0.4, -0.2) is 48.7 Å². The van der Waals surface area contributed by atoms with Gasteiger partial charge in [-0.15, -0.1) is 0 Å². The standard InChI is InChI=1S/C25H31FN2O4/c1-25(2,3)32-24(30)27-15-13-20(14-16-27)28(22-8-6-5-7-21(22)26)23(29)19-11-9-18(10-12-19)17-31-4/h5-12,20H,13-17H2,1-4H3. The number of rotatable bonds is 5. The van der Waals surface area contributed by atoms with Gasteiger partial charge in [-0.3, -0.25) is 4.79 Å². The van der Waals surface area contributed by atoms with Crippen LogP contribution in [0.15, 0.2) is 48.5 Å². The van der Waals surface area contributed by atoms with Crippen LogP contribution in [0.25, 0.3) is 0 Å². The Balaban J connectivity index is 1.81. The SMILES string of the molecule is COCc1ccc(C(=O)N(c2ccccc2F)C2CCN(C(=O)OC(C)(C)C)CC2)cc1. The number of carbonyl (C=O) groups excluding carboxylic acids is 2. The number of para-hydroxylation sites is 1. The molecule has 0 atom stereocenters. The number of ether oxygens (including phenoxy) is 2. The van der Waals surface area contributed by atoms with Crippen LogP contribution in [0.4, 0.5) is 14.9 Å². The van der Waals surface area contributed by atoms with E-state index in [1.807, 2.05) is 32.9 Å². The molecule has 1 aliphatic rings. The molecule has 1 heterocycles. The maximum atomic E-state index is 14.7. The summed E-state index contributed by atoms with van der Waals surface area (Å²) in [6.45, 7) is 6.81. The fraction of sp³-hybridized carbons (Fsp3) is 0.440. The number of hydrogen-bond acceptors (Lipinski definition) is 4. The number of piperidine rings is 1. The molecule has 6 nitrogen and oxygen atoms in total. The minimum absolute atomic E-state index is 0.239. The Morgan fingerprint density at radius 1 is 1.06 bits per heavy atom. The molecule has 3 rings (SSSR count). The van der Waals surface area contributed by atoms with E-state index < -0.39 is 11.4 Å². The minimum Gasteiger partial charge on any atom is -0.444 e. The van der Waals surface area contributed by atoms with Gasteiger partial charge in [-0.1, -0.05) is 24.3 Å². The summed E-state index contributed by atoms with van der Waals surface area (Å²) in [5, 5.41) is 0. The second-order valence-corrected chi connectivity index (χ2v) is 8.96. The first-order valence-electron chi connectivity index (χ1n) is 10.8. The van der Waals surface area contributed by atoms with Gasteiger partial charge in [0.2, 0.25) is 0 Å².